The Labute approximate surface area is 117 Å². The van der Waals surface area contributed by atoms with Gasteiger partial charge in [-0.2, -0.15) is 11.8 Å². The van der Waals surface area contributed by atoms with E-state index in [4.69, 9.17) is 5.73 Å². The molecule has 0 spiro atoms. The molecule has 1 saturated heterocycles. The molecule has 1 atom stereocenters. The van der Waals surface area contributed by atoms with E-state index in [-0.39, 0.29) is 23.0 Å². The van der Waals surface area contributed by atoms with Crippen molar-refractivity contribution < 1.29 is 12.8 Å². The molecule has 1 unspecified atom stereocenters. The Balaban J connectivity index is 2.36. The summed E-state index contributed by atoms with van der Waals surface area (Å²) in [5, 5.41) is 0. The van der Waals surface area contributed by atoms with Gasteiger partial charge in [0.1, 0.15) is 5.82 Å². The van der Waals surface area contributed by atoms with Crippen molar-refractivity contribution in [2.45, 2.75) is 30.8 Å². The van der Waals surface area contributed by atoms with E-state index in [1.54, 1.807) is 11.8 Å². The molecule has 1 aromatic carbocycles. The Morgan fingerprint density at radius 3 is 2.84 bits per heavy atom. The van der Waals surface area contributed by atoms with Gasteiger partial charge in [0.2, 0.25) is 10.0 Å². The maximum atomic E-state index is 13.7. The van der Waals surface area contributed by atoms with Crippen LogP contribution < -0.4 is 10.5 Å². The van der Waals surface area contributed by atoms with Crippen molar-refractivity contribution in [3.63, 3.8) is 0 Å². The monoisotopic (exact) mass is 304 g/mol. The van der Waals surface area contributed by atoms with Gasteiger partial charge in [-0.25, -0.2) is 17.5 Å². The van der Waals surface area contributed by atoms with Crippen molar-refractivity contribution in [2.24, 2.45) is 5.73 Å². The summed E-state index contributed by atoms with van der Waals surface area (Å²) in [6, 6.07) is 2.65. The van der Waals surface area contributed by atoms with Gasteiger partial charge in [0.25, 0.3) is 0 Å². The molecule has 1 fully saturated rings. The van der Waals surface area contributed by atoms with Crippen LogP contribution in [0.2, 0.25) is 0 Å². The maximum Gasteiger partial charge on any atom is 0.241 e. The van der Waals surface area contributed by atoms with Crippen LogP contribution in [0.3, 0.4) is 0 Å². The molecule has 0 aliphatic carbocycles. The Bertz CT molecular complexity index is 569. The largest absolute Gasteiger partial charge is 0.326 e. The van der Waals surface area contributed by atoms with E-state index in [1.807, 2.05) is 0 Å². The average Bonchev–Trinajstić information content (AvgIpc) is 2.84. The highest BCUT2D eigenvalue weighted by atomic mass is 32.2. The zero-order valence-electron chi connectivity index (χ0n) is 10.6. The van der Waals surface area contributed by atoms with Crippen LogP contribution in [0.15, 0.2) is 17.0 Å². The second-order valence-corrected chi connectivity index (χ2v) is 7.42. The van der Waals surface area contributed by atoms with Crippen molar-refractivity contribution in [3.05, 3.63) is 29.1 Å². The minimum atomic E-state index is -3.69. The molecule has 0 aromatic heterocycles. The number of rotatable bonds is 4. The number of halogens is 1. The lowest BCUT2D eigenvalue weighted by Crippen LogP contribution is -2.35. The number of benzene rings is 1. The normalized spacial score (nSPS) is 19.8. The quantitative estimate of drug-likeness (QED) is 0.881. The van der Waals surface area contributed by atoms with E-state index < -0.39 is 15.8 Å². The fraction of sp³-hybridized carbons (Fsp3) is 0.500. The van der Waals surface area contributed by atoms with Gasteiger partial charge >= 0.3 is 0 Å². The summed E-state index contributed by atoms with van der Waals surface area (Å²) in [5.74, 6) is 1.17. The van der Waals surface area contributed by atoms with Crippen molar-refractivity contribution in [1.29, 1.82) is 0 Å². The highest BCUT2D eigenvalue weighted by molar-refractivity contribution is 7.99. The molecule has 0 bridgehead atoms. The van der Waals surface area contributed by atoms with Gasteiger partial charge in [0.15, 0.2) is 0 Å². The second-order valence-electron chi connectivity index (χ2n) is 4.59. The van der Waals surface area contributed by atoms with E-state index in [0.29, 0.717) is 5.56 Å². The molecular formula is C12H17FN2O2S2. The van der Waals surface area contributed by atoms with Crippen LogP contribution in [-0.2, 0) is 16.6 Å². The molecule has 7 heteroatoms. The topological polar surface area (TPSA) is 72.2 Å². The Hall–Kier alpha value is -0.630. The zero-order valence-corrected chi connectivity index (χ0v) is 12.3. The lowest BCUT2D eigenvalue weighted by Gasteiger charge is -2.15. The highest BCUT2D eigenvalue weighted by Crippen LogP contribution is 2.23. The van der Waals surface area contributed by atoms with Crippen LogP contribution in [0.5, 0.6) is 0 Å². The molecule has 3 N–H and O–H groups in total. The zero-order chi connectivity index (χ0) is 14.0. The van der Waals surface area contributed by atoms with E-state index in [9.17, 15) is 12.8 Å². The molecule has 0 radical (unpaired) electrons. The fourth-order valence-electron chi connectivity index (χ4n) is 2.01. The number of hydrogen-bond donors (Lipinski definition) is 2. The third kappa shape index (κ3) is 3.28. The summed E-state index contributed by atoms with van der Waals surface area (Å²) in [6.45, 7) is 1.58. The van der Waals surface area contributed by atoms with Crippen LogP contribution in [0.4, 0.5) is 4.39 Å². The fourth-order valence-corrected chi connectivity index (χ4v) is 4.85. The first kappa shape index (κ1) is 14.8. The van der Waals surface area contributed by atoms with Crippen molar-refractivity contribution >= 4 is 21.8 Å². The summed E-state index contributed by atoms with van der Waals surface area (Å²) < 4.78 is 41.0. The Kier molecular flexibility index (Phi) is 4.50. The van der Waals surface area contributed by atoms with E-state index in [0.717, 1.165) is 17.9 Å². The summed E-state index contributed by atoms with van der Waals surface area (Å²) in [7, 11) is -3.69. The van der Waals surface area contributed by atoms with Gasteiger partial charge in [0.05, 0.1) is 4.90 Å². The van der Waals surface area contributed by atoms with Crippen LogP contribution in [-0.4, -0.2) is 26.0 Å². The lowest BCUT2D eigenvalue weighted by atomic mass is 10.1. The van der Waals surface area contributed by atoms with Gasteiger partial charge in [-0.15, -0.1) is 0 Å². The molecule has 4 nitrogen and oxygen atoms in total. The molecule has 19 heavy (non-hydrogen) atoms. The molecule has 1 heterocycles. The van der Waals surface area contributed by atoms with Crippen LogP contribution in [0.1, 0.15) is 17.5 Å². The summed E-state index contributed by atoms with van der Waals surface area (Å²) in [4.78, 5) is -0.00940. The third-order valence-corrected chi connectivity index (χ3v) is 5.94. The van der Waals surface area contributed by atoms with Crippen LogP contribution in [0, 0.1) is 12.7 Å². The molecule has 0 saturated carbocycles. The number of nitrogens with two attached hydrogens (primary N) is 1. The molecule has 0 amide bonds. The third-order valence-electron chi connectivity index (χ3n) is 3.13. The van der Waals surface area contributed by atoms with E-state index in [2.05, 4.69) is 4.72 Å². The van der Waals surface area contributed by atoms with Crippen LogP contribution in [0.25, 0.3) is 0 Å². The molecule has 1 aliphatic heterocycles. The number of thioether (sulfide) groups is 1. The standard InChI is InChI=1S/C12H17FN2O2S2/c1-8-11(13)4-9(6-14)5-12(8)19(16,17)15-10-2-3-18-7-10/h4-5,10,15H,2-3,6-7,14H2,1H3. The lowest BCUT2D eigenvalue weighted by molar-refractivity contribution is 0.558. The predicted octanol–water partition coefficient (Wildman–Crippen LogP) is 1.38. The second kappa shape index (κ2) is 5.78. The number of nitrogens with one attached hydrogen (secondary N) is 1. The van der Waals surface area contributed by atoms with Crippen LogP contribution >= 0.6 is 11.8 Å². The van der Waals surface area contributed by atoms with E-state index in [1.165, 1.54) is 19.1 Å². The summed E-state index contributed by atoms with van der Waals surface area (Å²) in [5.41, 5.74) is 6.07. The van der Waals surface area contributed by atoms with Crippen molar-refractivity contribution in [2.75, 3.05) is 11.5 Å². The van der Waals surface area contributed by atoms with Gasteiger partial charge in [-0.3, -0.25) is 0 Å². The SMILES string of the molecule is Cc1c(F)cc(CN)cc1S(=O)(=O)NC1CCSC1. The average molecular weight is 304 g/mol. The number of hydrogen-bond acceptors (Lipinski definition) is 4. The van der Waals surface area contributed by atoms with Crippen molar-refractivity contribution in [3.8, 4) is 0 Å². The van der Waals surface area contributed by atoms with Gasteiger partial charge < -0.3 is 5.73 Å². The molecule has 1 aliphatic rings. The Morgan fingerprint density at radius 1 is 1.53 bits per heavy atom. The van der Waals surface area contributed by atoms with Gasteiger partial charge in [-0.05, 0) is 36.8 Å². The highest BCUT2D eigenvalue weighted by Gasteiger charge is 2.25. The predicted molar refractivity (Wildman–Crippen MR) is 75.1 cm³/mol. The molecule has 2 rings (SSSR count). The smallest absolute Gasteiger partial charge is 0.241 e. The Morgan fingerprint density at radius 2 is 2.26 bits per heavy atom. The minimum Gasteiger partial charge on any atom is -0.326 e. The first-order valence-electron chi connectivity index (χ1n) is 6.03. The molecule has 106 valence electrons. The number of sulfonamides is 1. The minimum absolute atomic E-state index is 0.00940. The maximum absolute atomic E-state index is 13.7. The molecule has 1 aromatic rings. The first-order chi connectivity index (χ1) is 8.94. The summed E-state index contributed by atoms with van der Waals surface area (Å²) in [6.07, 6.45) is 0.808. The first-order valence-corrected chi connectivity index (χ1v) is 8.67. The molecular weight excluding hydrogens is 287 g/mol. The van der Waals surface area contributed by atoms with Gasteiger partial charge in [-0.1, -0.05) is 0 Å². The van der Waals surface area contributed by atoms with Crippen molar-refractivity contribution in [1.82, 2.24) is 4.72 Å². The van der Waals surface area contributed by atoms with Gasteiger partial charge in [0, 0.05) is 23.9 Å². The van der Waals surface area contributed by atoms with E-state index >= 15 is 0 Å². The summed E-state index contributed by atoms with van der Waals surface area (Å²) >= 11 is 1.71.